The number of nitrogens with one attached hydrogen (secondary N) is 1. The van der Waals surface area contributed by atoms with E-state index in [2.05, 4.69) is 10.1 Å². The van der Waals surface area contributed by atoms with Gasteiger partial charge in [-0.3, -0.25) is 0 Å². The van der Waals surface area contributed by atoms with Gasteiger partial charge in [0, 0.05) is 17.3 Å². The van der Waals surface area contributed by atoms with Crippen LogP contribution in [0.5, 0.6) is 5.75 Å². The van der Waals surface area contributed by atoms with Crippen LogP contribution in [0.25, 0.3) is 0 Å². The summed E-state index contributed by atoms with van der Waals surface area (Å²) in [4.78, 5) is 11.6. The Morgan fingerprint density at radius 2 is 2.11 bits per heavy atom. The maximum absolute atomic E-state index is 11.4. The largest absolute Gasteiger partial charge is 0.497 e. The highest BCUT2D eigenvalue weighted by Gasteiger charge is 2.15. The molecule has 0 aliphatic rings. The van der Waals surface area contributed by atoms with Crippen LogP contribution in [0, 0.1) is 0 Å². The van der Waals surface area contributed by atoms with Gasteiger partial charge in [-0.2, -0.15) is 0 Å². The number of nitrogens with two attached hydrogens (primary N) is 1. The Morgan fingerprint density at radius 3 is 2.61 bits per heavy atom. The molecule has 1 unspecified atom stereocenters. The fourth-order valence-electron chi connectivity index (χ4n) is 1.45. The third-order valence-electron chi connectivity index (χ3n) is 2.42. The zero-order chi connectivity index (χ0) is 13.7. The molecule has 0 heterocycles. The molecule has 6 heteroatoms. The van der Waals surface area contributed by atoms with Crippen molar-refractivity contribution >= 4 is 28.9 Å². The van der Waals surface area contributed by atoms with E-state index in [-0.39, 0.29) is 11.0 Å². The van der Waals surface area contributed by atoms with Gasteiger partial charge in [0.25, 0.3) is 0 Å². The van der Waals surface area contributed by atoms with Crippen molar-refractivity contribution in [3.63, 3.8) is 0 Å². The van der Waals surface area contributed by atoms with Crippen LogP contribution < -0.4 is 15.8 Å². The SMILES string of the molecule is COC(=O)C(C)Nc1cc(OC)ccc1C(N)=S. The number of benzene rings is 1. The average molecular weight is 268 g/mol. The molecule has 18 heavy (non-hydrogen) atoms. The van der Waals surface area contributed by atoms with Crippen molar-refractivity contribution in [3.8, 4) is 5.75 Å². The quantitative estimate of drug-likeness (QED) is 0.619. The maximum atomic E-state index is 11.4. The summed E-state index contributed by atoms with van der Waals surface area (Å²) >= 11 is 4.96. The minimum absolute atomic E-state index is 0.247. The highest BCUT2D eigenvalue weighted by Crippen LogP contribution is 2.23. The first-order chi connectivity index (χ1) is 8.49. The number of esters is 1. The second kappa shape index (κ2) is 6.20. The molecule has 0 amide bonds. The van der Waals surface area contributed by atoms with E-state index in [1.165, 1.54) is 7.11 Å². The molecule has 0 aromatic heterocycles. The zero-order valence-electron chi connectivity index (χ0n) is 10.5. The normalized spacial score (nSPS) is 11.5. The number of anilines is 1. The van der Waals surface area contributed by atoms with Crippen molar-refractivity contribution in [1.29, 1.82) is 0 Å². The first-order valence-corrected chi connectivity index (χ1v) is 5.72. The van der Waals surface area contributed by atoms with E-state index in [1.807, 2.05) is 0 Å². The third kappa shape index (κ3) is 3.33. The summed E-state index contributed by atoms with van der Waals surface area (Å²) in [7, 11) is 2.89. The number of carbonyl (C=O) groups excluding carboxylic acids is 1. The van der Waals surface area contributed by atoms with Crippen molar-refractivity contribution in [3.05, 3.63) is 23.8 Å². The molecule has 0 saturated heterocycles. The van der Waals surface area contributed by atoms with Gasteiger partial charge < -0.3 is 20.5 Å². The molecule has 1 rings (SSSR count). The molecular weight excluding hydrogens is 252 g/mol. The van der Waals surface area contributed by atoms with Crippen LogP contribution in [-0.2, 0) is 9.53 Å². The van der Waals surface area contributed by atoms with Crippen molar-refractivity contribution in [1.82, 2.24) is 0 Å². The van der Waals surface area contributed by atoms with Crippen molar-refractivity contribution in [2.45, 2.75) is 13.0 Å². The molecule has 0 aliphatic carbocycles. The number of carbonyl (C=O) groups is 1. The fraction of sp³-hybridized carbons (Fsp3) is 0.333. The number of ether oxygens (including phenoxy) is 2. The van der Waals surface area contributed by atoms with Crippen LogP contribution in [-0.4, -0.2) is 31.2 Å². The highest BCUT2D eigenvalue weighted by molar-refractivity contribution is 7.80. The molecule has 0 fully saturated rings. The van der Waals surface area contributed by atoms with Gasteiger partial charge in [0.15, 0.2) is 0 Å². The summed E-state index contributed by atoms with van der Waals surface area (Å²) < 4.78 is 9.76. The number of hydrogen-bond donors (Lipinski definition) is 2. The first kappa shape index (κ1) is 14.2. The lowest BCUT2D eigenvalue weighted by Crippen LogP contribution is -2.28. The molecule has 1 atom stereocenters. The molecule has 5 nitrogen and oxygen atoms in total. The predicted octanol–water partition coefficient (Wildman–Crippen LogP) is 1.30. The number of rotatable bonds is 5. The van der Waals surface area contributed by atoms with Gasteiger partial charge >= 0.3 is 5.97 Å². The maximum Gasteiger partial charge on any atom is 0.327 e. The molecular formula is C12H16N2O3S. The molecule has 98 valence electrons. The van der Waals surface area contributed by atoms with Crippen LogP contribution in [0.15, 0.2) is 18.2 Å². The van der Waals surface area contributed by atoms with Crippen molar-refractivity contribution in [2.24, 2.45) is 5.73 Å². The lowest BCUT2D eigenvalue weighted by molar-refractivity contribution is -0.141. The summed E-state index contributed by atoms with van der Waals surface area (Å²) in [6, 6.07) is 4.72. The van der Waals surface area contributed by atoms with Crippen LogP contribution in [0.2, 0.25) is 0 Å². The van der Waals surface area contributed by atoms with Gasteiger partial charge in [-0.25, -0.2) is 4.79 Å². The molecule has 0 radical (unpaired) electrons. The van der Waals surface area contributed by atoms with E-state index >= 15 is 0 Å². The van der Waals surface area contributed by atoms with Crippen molar-refractivity contribution in [2.75, 3.05) is 19.5 Å². The highest BCUT2D eigenvalue weighted by atomic mass is 32.1. The monoisotopic (exact) mass is 268 g/mol. The van der Waals surface area contributed by atoms with Gasteiger partial charge in [0.2, 0.25) is 0 Å². The van der Waals surface area contributed by atoms with E-state index < -0.39 is 6.04 Å². The molecule has 0 aliphatic heterocycles. The van der Waals surface area contributed by atoms with Crippen LogP contribution in [0.1, 0.15) is 12.5 Å². The Balaban J connectivity index is 3.04. The standard InChI is InChI=1S/C12H16N2O3S/c1-7(12(15)17-3)14-10-6-8(16-2)4-5-9(10)11(13)18/h4-7,14H,1-3H3,(H2,13,18). The number of hydrogen-bond acceptors (Lipinski definition) is 5. The Morgan fingerprint density at radius 1 is 1.44 bits per heavy atom. The smallest absolute Gasteiger partial charge is 0.327 e. The average Bonchev–Trinajstić information content (AvgIpc) is 2.37. The predicted molar refractivity (Wildman–Crippen MR) is 74.0 cm³/mol. The lowest BCUT2D eigenvalue weighted by atomic mass is 10.1. The molecule has 1 aromatic rings. The Labute approximate surface area is 111 Å². The first-order valence-electron chi connectivity index (χ1n) is 5.31. The van der Waals surface area contributed by atoms with Gasteiger partial charge in [-0.05, 0) is 19.1 Å². The number of methoxy groups -OCH3 is 2. The van der Waals surface area contributed by atoms with Crippen molar-refractivity contribution < 1.29 is 14.3 Å². The molecule has 0 spiro atoms. The van der Waals surface area contributed by atoms with Gasteiger partial charge in [-0.15, -0.1) is 0 Å². The van der Waals surface area contributed by atoms with E-state index in [9.17, 15) is 4.79 Å². The molecule has 3 N–H and O–H groups in total. The Bertz CT molecular complexity index is 463. The summed E-state index contributed by atoms with van der Waals surface area (Å²) in [6.45, 7) is 1.69. The molecule has 0 bridgehead atoms. The van der Waals surface area contributed by atoms with Crippen LogP contribution in [0.3, 0.4) is 0 Å². The molecule has 0 saturated carbocycles. The third-order valence-corrected chi connectivity index (χ3v) is 2.64. The summed E-state index contributed by atoms with van der Waals surface area (Å²) in [5.74, 6) is 0.279. The van der Waals surface area contributed by atoms with Crippen LogP contribution in [0.4, 0.5) is 5.69 Å². The topological polar surface area (TPSA) is 73.6 Å². The Hall–Kier alpha value is -1.82. The van der Waals surface area contributed by atoms with E-state index in [0.29, 0.717) is 17.0 Å². The summed E-state index contributed by atoms with van der Waals surface area (Å²) in [5, 5.41) is 3.00. The lowest BCUT2D eigenvalue weighted by Gasteiger charge is -2.16. The summed E-state index contributed by atoms with van der Waals surface area (Å²) in [5.41, 5.74) is 6.92. The van der Waals surface area contributed by atoms with E-state index in [0.717, 1.165) is 0 Å². The zero-order valence-corrected chi connectivity index (χ0v) is 11.3. The molecule has 1 aromatic carbocycles. The fourth-order valence-corrected chi connectivity index (χ4v) is 1.63. The Kier molecular flexibility index (Phi) is 4.91. The second-order valence-corrected chi connectivity index (χ2v) is 4.10. The van der Waals surface area contributed by atoms with E-state index in [1.54, 1.807) is 32.2 Å². The van der Waals surface area contributed by atoms with Gasteiger partial charge in [0.1, 0.15) is 16.8 Å². The minimum Gasteiger partial charge on any atom is -0.497 e. The summed E-state index contributed by atoms with van der Waals surface area (Å²) in [6.07, 6.45) is 0. The van der Waals surface area contributed by atoms with Gasteiger partial charge in [0.05, 0.1) is 14.2 Å². The second-order valence-electron chi connectivity index (χ2n) is 3.66. The minimum atomic E-state index is -0.504. The van der Waals surface area contributed by atoms with Crippen LogP contribution >= 0.6 is 12.2 Å². The number of thiocarbonyl (C=S) groups is 1. The van der Waals surface area contributed by atoms with E-state index in [4.69, 9.17) is 22.7 Å². The van der Waals surface area contributed by atoms with Gasteiger partial charge in [-0.1, -0.05) is 12.2 Å².